The van der Waals surface area contributed by atoms with Gasteiger partial charge in [-0.15, -0.1) is 0 Å². The first-order chi connectivity index (χ1) is 16.9. The predicted octanol–water partition coefficient (Wildman–Crippen LogP) is 4.86. The van der Waals surface area contributed by atoms with E-state index in [1.54, 1.807) is 20.3 Å². The van der Waals surface area contributed by atoms with Crippen LogP contribution in [0.5, 0.6) is 0 Å². The molecule has 1 heterocycles. The summed E-state index contributed by atoms with van der Waals surface area (Å²) < 4.78 is 39.9. The highest BCUT2D eigenvalue weighted by Crippen LogP contribution is 2.42. The first kappa shape index (κ1) is 28.5. The number of unbranched alkanes of at least 4 members (excludes halogenated alkanes) is 1. The van der Waals surface area contributed by atoms with E-state index in [1.165, 1.54) is 18.9 Å². The summed E-state index contributed by atoms with van der Waals surface area (Å²) in [5.74, 6) is -1.29. The van der Waals surface area contributed by atoms with Crippen molar-refractivity contribution in [2.24, 2.45) is 11.8 Å². The van der Waals surface area contributed by atoms with Crippen LogP contribution in [0.1, 0.15) is 69.8 Å². The number of aliphatic hydroxyl groups is 1. The van der Waals surface area contributed by atoms with Gasteiger partial charge in [-0.2, -0.15) is 0 Å². The summed E-state index contributed by atoms with van der Waals surface area (Å²) in [6.45, 7) is 3.14. The molecule has 200 valence electrons. The van der Waals surface area contributed by atoms with Crippen LogP contribution in [0.3, 0.4) is 0 Å². The maximum atomic E-state index is 15.0. The number of hydrogen-bond acceptors (Lipinski definition) is 5. The molecule has 1 aliphatic heterocycles. The second kappa shape index (κ2) is 14.0. The zero-order valence-corrected chi connectivity index (χ0v) is 21.9. The molecule has 1 saturated heterocycles. The van der Waals surface area contributed by atoms with Gasteiger partial charge < -0.3 is 19.9 Å². The normalized spacial score (nSPS) is 26.4. The van der Waals surface area contributed by atoms with E-state index >= 15 is 0 Å². The van der Waals surface area contributed by atoms with Crippen molar-refractivity contribution in [2.45, 2.75) is 82.0 Å². The van der Waals surface area contributed by atoms with Gasteiger partial charge in [0.15, 0.2) is 11.6 Å². The van der Waals surface area contributed by atoms with Crippen molar-refractivity contribution >= 4 is 0 Å². The number of ether oxygens (including phenoxy) is 2. The van der Waals surface area contributed by atoms with E-state index in [9.17, 15) is 13.9 Å². The second-order valence-corrected chi connectivity index (χ2v) is 10.6. The van der Waals surface area contributed by atoms with Gasteiger partial charge in [-0.1, -0.05) is 12.1 Å². The molecule has 7 heteroatoms. The number of nitrogens with zero attached hydrogens (tertiary/aromatic N) is 1. The highest BCUT2D eigenvalue weighted by atomic mass is 19.2. The summed E-state index contributed by atoms with van der Waals surface area (Å²) in [4.78, 5) is 2.49. The van der Waals surface area contributed by atoms with Crippen molar-refractivity contribution in [3.8, 4) is 0 Å². The molecule has 0 aromatic heterocycles. The molecule has 0 amide bonds. The highest BCUT2D eigenvalue weighted by Gasteiger charge is 2.43. The summed E-state index contributed by atoms with van der Waals surface area (Å²) in [6.07, 6.45) is 9.74. The first-order valence-corrected chi connectivity index (χ1v) is 13.5. The van der Waals surface area contributed by atoms with Gasteiger partial charge >= 0.3 is 0 Å². The molecule has 0 radical (unpaired) electrons. The van der Waals surface area contributed by atoms with Crippen LogP contribution in [0.25, 0.3) is 0 Å². The van der Waals surface area contributed by atoms with Crippen LogP contribution in [0.4, 0.5) is 8.78 Å². The first-order valence-electron chi connectivity index (χ1n) is 13.5. The second-order valence-electron chi connectivity index (χ2n) is 10.6. The number of hydrogen-bond donors (Lipinski definition) is 2. The Labute approximate surface area is 210 Å². The number of nitrogens with one attached hydrogen (secondary N) is 1. The smallest absolute Gasteiger partial charge is 0.164 e. The minimum atomic E-state index is -1.40. The number of methoxy groups -OCH3 is 2. The molecule has 1 unspecified atom stereocenters. The third kappa shape index (κ3) is 7.45. The molecule has 3 rings (SSSR count). The third-order valence-electron chi connectivity index (χ3n) is 8.39. The van der Waals surface area contributed by atoms with Crippen molar-refractivity contribution in [2.75, 3.05) is 47.5 Å². The van der Waals surface area contributed by atoms with Gasteiger partial charge in [0, 0.05) is 51.4 Å². The lowest BCUT2D eigenvalue weighted by molar-refractivity contribution is -0.0717. The number of rotatable bonds is 13. The van der Waals surface area contributed by atoms with Crippen LogP contribution < -0.4 is 5.32 Å². The molecule has 2 N–H and O–H groups in total. The Balaban J connectivity index is 1.76. The Bertz CT molecular complexity index is 760. The fraction of sp³-hybridized carbons (Fsp3) is 0.786. The zero-order chi connectivity index (χ0) is 25.3. The Morgan fingerprint density at radius 2 is 1.91 bits per heavy atom. The summed E-state index contributed by atoms with van der Waals surface area (Å²) in [5, 5.41) is 15.4. The Hall–Kier alpha value is -1.12. The summed E-state index contributed by atoms with van der Waals surface area (Å²) in [6, 6.07) is 4.56. The van der Waals surface area contributed by atoms with Gasteiger partial charge in [0.25, 0.3) is 0 Å². The van der Waals surface area contributed by atoms with Gasteiger partial charge in [-0.3, -0.25) is 4.90 Å². The SMILES string of the molecule is CNCC(CC1CCC(OC)CC1)N1CCC[C@@H]([C@](O)(CCCCOC)c2cccc(F)c2F)C1. The summed E-state index contributed by atoms with van der Waals surface area (Å²) in [5.41, 5.74) is -1.30. The molecule has 35 heavy (non-hydrogen) atoms. The topological polar surface area (TPSA) is 54.0 Å². The number of likely N-dealkylation sites (N-methyl/N-ethyl adjacent to an activating group) is 1. The Kier molecular flexibility index (Phi) is 11.4. The van der Waals surface area contributed by atoms with Crippen molar-refractivity contribution in [3.05, 3.63) is 35.4 Å². The van der Waals surface area contributed by atoms with E-state index < -0.39 is 17.2 Å². The lowest BCUT2D eigenvalue weighted by Crippen LogP contribution is -2.52. The molecule has 0 spiro atoms. The minimum absolute atomic E-state index is 0.102. The molecule has 1 aromatic carbocycles. The number of likely N-dealkylation sites (tertiary alicyclic amines) is 1. The van der Waals surface area contributed by atoms with Gasteiger partial charge in [0.1, 0.15) is 0 Å². The minimum Gasteiger partial charge on any atom is -0.385 e. The molecule has 1 saturated carbocycles. The maximum Gasteiger partial charge on any atom is 0.164 e. The predicted molar refractivity (Wildman–Crippen MR) is 135 cm³/mol. The van der Waals surface area contributed by atoms with Crippen LogP contribution in [-0.4, -0.2) is 69.7 Å². The molecule has 2 fully saturated rings. The largest absolute Gasteiger partial charge is 0.385 e. The Morgan fingerprint density at radius 1 is 1.14 bits per heavy atom. The standard InChI is InChI=1S/C28H46F2N2O3/c1-31-19-23(18-21-11-13-24(35-3)14-12-21)32-16-7-8-22(20-32)28(33,15-4-5-17-34-2)25-9-6-10-26(29)27(25)30/h6,9-10,21-24,31,33H,4-5,7-8,11-20H2,1-3H3/t21?,22-,23?,24?,28-/m1/s1. The van der Waals surface area contributed by atoms with Crippen molar-refractivity contribution in [1.29, 1.82) is 0 Å². The van der Waals surface area contributed by atoms with Gasteiger partial charge in [0.2, 0.25) is 0 Å². The highest BCUT2D eigenvalue weighted by molar-refractivity contribution is 5.27. The molecule has 3 atom stereocenters. The number of halogens is 2. The lowest BCUT2D eigenvalue weighted by Gasteiger charge is -2.46. The molecule has 5 nitrogen and oxygen atoms in total. The molecule has 2 aliphatic rings. The average Bonchev–Trinajstić information content (AvgIpc) is 2.88. The van der Waals surface area contributed by atoms with Crippen molar-refractivity contribution in [3.63, 3.8) is 0 Å². The Morgan fingerprint density at radius 3 is 2.60 bits per heavy atom. The van der Waals surface area contributed by atoms with Crippen LogP contribution in [0.2, 0.25) is 0 Å². The van der Waals surface area contributed by atoms with E-state index in [0.29, 0.717) is 44.1 Å². The summed E-state index contributed by atoms with van der Waals surface area (Å²) >= 11 is 0. The fourth-order valence-corrected chi connectivity index (χ4v) is 6.35. The van der Waals surface area contributed by atoms with Crippen LogP contribution >= 0.6 is 0 Å². The monoisotopic (exact) mass is 496 g/mol. The van der Waals surface area contributed by atoms with Crippen LogP contribution in [0, 0.1) is 23.5 Å². The van der Waals surface area contributed by atoms with E-state index in [2.05, 4.69) is 10.2 Å². The van der Waals surface area contributed by atoms with Crippen LogP contribution in [0.15, 0.2) is 18.2 Å². The molecule has 1 aliphatic carbocycles. The summed E-state index contributed by atoms with van der Waals surface area (Å²) in [7, 11) is 5.45. The molecule has 1 aromatic rings. The van der Waals surface area contributed by atoms with Crippen molar-refractivity contribution in [1.82, 2.24) is 10.2 Å². The quantitative estimate of drug-likeness (QED) is 0.382. The molecular weight excluding hydrogens is 450 g/mol. The number of piperidine rings is 1. The maximum absolute atomic E-state index is 15.0. The van der Waals surface area contributed by atoms with Crippen molar-refractivity contribution < 1.29 is 23.4 Å². The van der Waals surface area contributed by atoms with E-state index in [4.69, 9.17) is 9.47 Å². The van der Waals surface area contributed by atoms with E-state index in [1.807, 2.05) is 7.05 Å². The third-order valence-corrected chi connectivity index (χ3v) is 8.39. The van der Waals surface area contributed by atoms with Gasteiger partial charge in [-0.05, 0) is 89.8 Å². The average molecular weight is 497 g/mol. The van der Waals surface area contributed by atoms with Crippen LogP contribution in [-0.2, 0) is 15.1 Å². The lowest BCUT2D eigenvalue weighted by atomic mass is 9.73. The zero-order valence-electron chi connectivity index (χ0n) is 21.9. The molecule has 0 bridgehead atoms. The number of benzene rings is 1. The van der Waals surface area contributed by atoms with Gasteiger partial charge in [0.05, 0.1) is 11.7 Å². The fourth-order valence-electron chi connectivity index (χ4n) is 6.35. The van der Waals surface area contributed by atoms with Gasteiger partial charge in [-0.25, -0.2) is 8.78 Å². The molecular formula is C28H46F2N2O3. The van der Waals surface area contributed by atoms with E-state index in [0.717, 1.165) is 57.7 Å². The van der Waals surface area contributed by atoms with E-state index in [-0.39, 0.29) is 11.5 Å².